The van der Waals surface area contributed by atoms with Gasteiger partial charge in [-0.1, -0.05) is 0 Å². The first-order valence-electron chi connectivity index (χ1n) is 6.59. The molecule has 1 aromatic heterocycles. The monoisotopic (exact) mass is 277 g/mol. The first-order chi connectivity index (χ1) is 9.74. The molecule has 2 rings (SSSR count). The summed E-state index contributed by atoms with van der Waals surface area (Å²) < 4.78 is 5.33. The van der Waals surface area contributed by atoms with E-state index in [4.69, 9.17) is 10.00 Å². The number of aromatic nitrogens is 3. The van der Waals surface area contributed by atoms with Crippen molar-refractivity contribution in [3.63, 3.8) is 0 Å². The third-order valence-corrected chi connectivity index (χ3v) is 3.03. The summed E-state index contributed by atoms with van der Waals surface area (Å²) in [6.07, 6.45) is 0.434. The summed E-state index contributed by atoms with van der Waals surface area (Å²) in [6, 6.07) is 2.12. The minimum absolute atomic E-state index is 0.434. The Morgan fingerprint density at radius 2 is 2.10 bits per heavy atom. The number of morpholine rings is 1. The van der Waals surface area contributed by atoms with Crippen molar-refractivity contribution in [3.8, 4) is 6.07 Å². The molecule has 0 atom stereocenters. The number of nitriles is 1. The Morgan fingerprint density at radius 1 is 1.35 bits per heavy atom. The van der Waals surface area contributed by atoms with Crippen molar-refractivity contribution in [2.24, 2.45) is 0 Å². The van der Waals surface area contributed by atoms with Gasteiger partial charge in [-0.3, -0.25) is 0 Å². The third-order valence-electron chi connectivity index (χ3n) is 3.03. The number of hydrogen-bond acceptors (Lipinski definition) is 8. The van der Waals surface area contributed by atoms with Crippen LogP contribution >= 0.6 is 0 Å². The lowest BCUT2D eigenvalue weighted by Crippen LogP contribution is -2.38. The molecule has 20 heavy (non-hydrogen) atoms. The predicted octanol–water partition coefficient (Wildman–Crippen LogP) is 0.0998. The van der Waals surface area contributed by atoms with Crippen LogP contribution in [0.5, 0.6) is 0 Å². The molecule has 1 N–H and O–H groups in total. The van der Waals surface area contributed by atoms with Gasteiger partial charge in [0.1, 0.15) is 0 Å². The van der Waals surface area contributed by atoms with Crippen LogP contribution in [0.25, 0.3) is 0 Å². The SMILES string of the molecule is CNc1nc(N(C)CCC#N)nc(N2CCOCC2)n1. The zero-order valence-electron chi connectivity index (χ0n) is 11.8. The van der Waals surface area contributed by atoms with Crippen LogP contribution in [0.4, 0.5) is 17.8 Å². The van der Waals surface area contributed by atoms with Gasteiger partial charge < -0.3 is 19.9 Å². The second kappa shape index (κ2) is 6.86. The van der Waals surface area contributed by atoms with E-state index in [0.29, 0.717) is 44.0 Å². The summed E-state index contributed by atoms with van der Waals surface area (Å²) in [6.45, 7) is 3.50. The fourth-order valence-electron chi connectivity index (χ4n) is 1.86. The van der Waals surface area contributed by atoms with E-state index < -0.39 is 0 Å². The molecule has 0 aliphatic carbocycles. The fraction of sp³-hybridized carbons (Fsp3) is 0.667. The van der Waals surface area contributed by atoms with Crippen LogP contribution in [0.3, 0.4) is 0 Å². The van der Waals surface area contributed by atoms with Gasteiger partial charge in [0, 0.05) is 33.7 Å². The zero-order chi connectivity index (χ0) is 14.4. The molecule has 0 aromatic carbocycles. The second-order valence-electron chi connectivity index (χ2n) is 4.44. The normalized spacial score (nSPS) is 14.8. The number of rotatable bonds is 5. The standard InChI is InChI=1S/C12H19N7O/c1-14-10-15-11(18(2)5-3-4-13)17-12(16-10)19-6-8-20-9-7-19/h3,5-9H2,1-2H3,(H,14,15,16,17). The smallest absolute Gasteiger partial charge is 0.232 e. The van der Waals surface area contributed by atoms with E-state index in [1.54, 1.807) is 7.05 Å². The highest BCUT2D eigenvalue weighted by Crippen LogP contribution is 2.16. The molecule has 0 unspecified atom stereocenters. The van der Waals surface area contributed by atoms with Crippen LogP contribution in [0.15, 0.2) is 0 Å². The molecule has 2 heterocycles. The summed E-state index contributed by atoms with van der Waals surface area (Å²) in [5.41, 5.74) is 0. The largest absolute Gasteiger partial charge is 0.378 e. The second-order valence-corrected chi connectivity index (χ2v) is 4.44. The Bertz CT molecular complexity index is 481. The molecule has 1 fully saturated rings. The lowest BCUT2D eigenvalue weighted by molar-refractivity contribution is 0.122. The number of ether oxygens (including phenoxy) is 1. The molecule has 0 bridgehead atoms. The number of nitrogens with one attached hydrogen (secondary N) is 1. The highest BCUT2D eigenvalue weighted by molar-refractivity contribution is 5.44. The highest BCUT2D eigenvalue weighted by Gasteiger charge is 2.17. The van der Waals surface area contributed by atoms with Crippen molar-refractivity contribution in [1.82, 2.24) is 15.0 Å². The van der Waals surface area contributed by atoms with Gasteiger partial charge in [0.25, 0.3) is 0 Å². The molecule has 8 nitrogen and oxygen atoms in total. The lowest BCUT2D eigenvalue weighted by Gasteiger charge is -2.27. The van der Waals surface area contributed by atoms with Crippen molar-refractivity contribution in [1.29, 1.82) is 5.26 Å². The maximum atomic E-state index is 8.66. The van der Waals surface area contributed by atoms with Gasteiger partial charge in [-0.25, -0.2) is 0 Å². The van der Waals surface area contributed by atoms with E-state index in [2.05, 4.69) is 31.2 Å². The molecule has 1 aliphatic rings. The molecular weight excluding hydrogens is 258 g/mol. The van der Waals surface area contributed by atoms with E-state index in [-0.39, 0.29) is 0 Å². The van der Waals surface area contributed by atoms with Gasteiger partial charge >= 0.3 is 0 Å². The summed E-state index contributed by atoms with van der Waals surface area (Å²) in [4.78, 5) is 17.1. The van der Waals surface area contributed by atoms with Gasteiger partial charge in [-0.15, -0.1) is 0 Å². The molecule has 0 saturated carbocycles. The van der Waals surface area contributed by atoms with Crippen molar-refractivity contribution in [2.75, 3.05) is 62.1 Å². The number of nitrogens with zero attached hydrogens (tertiary/aromatic N) is 6. The predicted molar refractivity (Wildman–Crippen MR) is 75.9 cm³/mol. The van der Waals surface area contributed by atoms with E-state index in [1.807, 2.05) is 11.9 Å². The first kappa shape index (κ1) is 14.3. The maximum absolute atomic E-state index is 8.66. The molecule has 1 aliphatic heterocycles. The zero-order valence-corrected chi connectivity index (χ0v) is 11.8. The average Bonchev–Trinajstić information content (AvgIpc) is 2.52. The summed E-state index contributed by atoms with van der Waals surface area (Å²) in [5, 5.41) is 11.6. The van der Waals surface area contributed by atoms with Gasteiger partial charge in [0.2, 0.25) is 17.8 Å². The Labute approximate surface area is 118 Å². The molecule has 0 spiro atoms. The lowest BCUT2D eigenvalue weighted by atomic mass is 10.4. The van der Waals surface area contributed by atoms with Crippen molar-refractivity contribution in [2.45, 2.75) is 6.42 Å². The van der Waals surface area contributed by atoms with Crippen LogP contribution in [0.2, 0.25) is 0 Å². The van der Waals surface area contributed by atoms with E-state index in [9.17, 15) is 0 Å². The molecule has 0 radical (unpaired) electrons. The quantitative estimate of drug-likeness (QED) is 0.810. The minimum atomic E-state index is 0.434. The van der Waals surface area contributed by atoms with Gasteiger partial charge in [-0.05, 0) is 0 Å². The Kier molecular flexibility index (Phi) is 4.90. The molecule has 1 saturated heterocycles. The van der Waals surface area contributed by atoms with E-state index >= 15 is 0 Å². The van der Waals surface area contributed by atoms with Crippen LogP contribution in [-0.2, 0) is 4.74 Å². The van der Waals surface area contributed by atoms with Gasteiger partial charge in [-0.2, -0.15) is 20.2 Å². The fourth-order valence-corrected chi connectivity index (χ4v) is 1.86. The summed E-state index contributed by atoms with van der Waals surface area (Å²) in [7, 11) is 3.65. The summed E-state index contributed by atoms with van der Waals surface area (Å²) >= 11 is 0. The van der Waals surface area contributed by atoms with Crippen LogP contribution in [0.1, 0.15) is 6.42 Å². The average molecular weight is 277 g/mol. The summed E-state index contributed by atoms with van der Waals surface area (Å²) in [5.74, 6) is 1.74. The third kappa shape index (κ3) is 3.45. The van der Waals surface area contributed by atoms with Crippen molar-refractivity contribution in [3.05, 3.63) is 0 Å². The molecule has 0 amide bonds. The Hall–Kier alpha value is -2.14. The van der Waals surface area contributed by atoms with Crippen LogP contribution < -0.4 is 15.1 Å². The van der Waals surface area contributed by atoms with Gasteiger partial charge in [0.15, 0.2) is 0 Å². The number of hydrogen-bond donors (Lipinski definition) is 1. The Morgan fingerprint density at radius 3 is 2.75 bits per heavy atom. The molecular formula is C12H19N7O. The van der Waals surface area contributed by atoms with Crippen molar-refractivity contribution >= 4 is 17.8 Å². The van der Waals surface area contributed by atoms with E-state index in [1.165, 1.54) is 0 Å². The molecule has 1 aromatic rings. The minimum Gasteiger partial charge on any atom is -0.378 e. The molecule has 108 valence electrons. The maximum Gasteiger partial charge on any atom is 0.232 e. The first-order valence-corrected chi connectivity index (χ1v) is 6.59. The van der Waals surface area contributed by atoms with E-state index in [0.717, 1.165) is 13.1 Å². The topological polar surface area (TPSA) is 90.2 Å². The molecule has 8 heteroatoms. The Balaban J connectivity index is 2.21. The highest BCUT2D eigenvalue weighted by atomic mass is 16.5. The van der Waals surface area contributed by atoms with Crippen LogP contribution in [-0.4, -0.2) is 61.9 Å². The number of anilines is 3. The van der Waals surface area contributed by atoms with Crippen LogP contribution in [0, 0.1) is 11.3 Å². The van der Waals surface area contributed by atoms with Crippen molar-refractivity contribution < 1.29 is 4.74 Å². The van der Waals surface area contributed by atoms with Gasteiger partial charge in [0.05, 0.1) is 25.7 Å².